The highest BCUT2D eigenvalue weighted by molar-refractivity contribution is 7.99. The van der Waals surface area contributed by atoms with Crippen LogP contribution >= 0.6 is 11.8 Å². The van der Waals surface area contributed by atoms with E-state index in [1.54, 1.807) is 0 Å². The fourth-order valence-corrected chi connectivity index (χ4v) is 4.19. The molecule has 20 heavy (non-hydrogen) atoms. The number of rotatable bonds is 2. The first-order valence-corrected chi connectivity index (χ1v) is 8.30. The normalized spacial score (nSPS) is 13.5. The molecule has 0 amide bonds. The Morgan fingerprint density at radius 3 is 2.40 bits per heavy atom. The summed E-state index contributed by atoms with van der Waals surface area (Å²) in [5.41, 5.74) is 5.91. The van der Waals surface area contributed by atoms with Gasteiger partial charge in [0.2, 0.25) is 0 Å². The van der Waals surface area contributed by atoms with Gasteiger partial charge in [-0.25, -0.2) is 0 Å². The van der Waals surface area contributed by atoms with E-state index in [1.807, 2.05) is 11.8 Å². The van der Waals surface area contributed by atoms with E-state index in [0.29, 0.717) is 11.8 Å². The third kappa shape index (κ3) is 2.40. The molecule has 0 saturated heterocycles. The topological polar surface area (TPSA) is 0 Å². The molecule has 1 aliphatic heterocycles. The molecule has 3 rings (SSSR count). The van der Waals surface area contributed by atoms with Crippen molar-refractivity contribution in [2.75, 3.05) is 0 Å². The van der Waals surface area contributed by atoms with Gasteiger partial charge in [-0.15, -0.1) is 0 Å². The van der Waals surface area contributed by atoms with Gasteiger partial charge >= 0.3 is 0 Å². The lowest BCUT2D eigenvalue weighted by molar-refractivity contribution is 0.827. The lowest BCUT2D eigenvalue weighted by atomic mass is 9.95. The van der Waals surface area contributed by atoms with Gasteiger partial charge in [-0.1, -0.05) is 69.8 Å². The zero-order chi connectivity index (χ0) is 14.3. The van der Waals surface area contributed by atoms with Crippen molar-refractivity contribution in [1.82, 2.24) is 0 Å². The van der Waals surface area contributed by atoms with E-state index < -0.39 is 0 Å². The van der Waals surface area contributed by atoms with Crippen LogP contribution in [0.2, 0.25) is 0 Å². The minimum Gasteiger partial charge on any atom is -0.0892 e. The van der Waals surface area contributed by atoms with E-state index in [9.17, 15) is 0 Å². The van der Waals surface area contributed by atoms with Gasteiger partial charge < -0.3 is 0 Å². The van der Waals surface area contributed by atoms with Crippen molar-refractivity contribution in [2.45, 2.75) is 55.7 Å². The van der Waals surface area contributed by atoms with Crippen molar-refractivity contribution in [3.05, 3.63) is 58.7 Å². The quantitative estimate of drug-likeness (QED) is 0.556. The molecule has 1 heteroatoms. The lowest BCUT2D eigenvalue weighted by Crippen LogP contribution is -2.04. The molecule has 1 aliphatic rings. The number of hydrogen-bond acceptors (Lipinski definition) is 1. The number of fused-ring (bicyclic) bond motifs is 2. The van der Waals surface area contributed by atoms with Crippen molar-refractivity contribution < 1.29 is 0 Å². The van der Waals surface area contributed by atoms with E-state index in [1.165, 1.54) is 32.0 Å². The molecular formula is C19H22S. The molecular weight excluding hydrogens is 260 g/mol. The summed E-state index contributed by atoms with van der Waals surface area (Å²) in [5, 5.41) is 0. The summed E-state index contributed by atoms with van der Waals surface area (Å²) in [5.74, 6) is 1.19. The summed E-state index contributed by atoms with van der Waals surface area (Å²) in [6.45, 7) is 9.11. The van der Waals surface area contributed by atoms with Crippen LogP contribution in [0.3, 0.4) is 0 Å². The second-order valence-electron chi connectivity index (χ2n) is 6.29. The summed E-state index contributed by atoms with van der Waals surface area (Å²) >= 11 is 1.97. The molecule has 0 spiro atoms. The maximum atomic E-state index is 2.39. The van der Waals surface area contributed by atoms with Crippen molar-refractivity contribution in [1.29, 1.82) is 0 Å². The second-order valence-corrected chi connectivity index (χ2v) is 7.34. The Morgan fingerprint density at radius 2 is 1.70 bits per heavy atom. The average molecular weight is 282 g/mol. The largest absolute Gasteiger partial charge is 0.0892 e. The second kappa shape index (κ2) is 5.29. The zero-order valence-corrected chi connectivity index (χ0v) is 13.6. The first-order chi connectivity index (χ1) is 9.56. The van der Waals surface area contributed by atoms with E-state index >= 15 is 0 Å². The molecule has 0 fully saturated rings. The van der Waals surface area contributed by atoms with E-state index in [2.05, 4.69) is 64.1 Å². The fourth-order valence-electron chi connectivity index (χ4n) is 2.81. The summed E-state index contributed by atoms with van der Waals surface area (Å²) < 4.78 is 0. The Labute approximate surface area is 126 Å². The van der Waals surface area contributed by atoms with Crippen LogP contribution in [0.25, 0.3) is 0 Å². The molecule has 1 heterocycles. The Bertz CT molecular complexity index is 638. The van der Waals surface area contributed by atoms with Gasteiger partial charge in [-0.2, -0.15) is 0 Å². The van der Waals surface area contributed by atoms with Gasteiger partial charge in [0, 0.05) is 9.79 Å². The van der Waals surface area contributed by atoms with Gasteiger partial charge in [0.15, 0.2) is 0 Å². The van der Waals surface area contributed by atoms with Crippen LogP contribution in [0.4, 0.5) is 0 Å². The van der Waals surface area contributed by atoms with Crippen molar-refractivity contribution in [3.63, 3.8) is 0 Å². The number of hydrogen-bond donors (Lipinski definition) is 0. The Balaban J connectivity index is 2.06. The molecule has 0 radical (unpaired) electrons. The number of benzene rings is 2. The summed E-state index contributed by atoms with van der Waals surface area (Å²) in [6, 6.07) is 13.8. The van der Waals surface area contributed by atoms with Crippen LogP contribution in [-0.2, 0) is 6.42 Å². The van der Waals surface area contributed by atoms with Gasteiger partial charge in [0.1, 0.15) is 0 Å². The van der Waals surface area contributed by atoms with Gasteiger partial charge in [0.05, 0.1) is 0 Å². The Hall–Kier alpha value is -1.21. The first kappa shape index (κ1) is 13.8. The molecule has 0 unspecified atom stereocenters. The molecule has 0 aromatic heterocycles. The van der Waals surface area contributed by atoms with Gasteiger partial charge in [-0.05, 0) is 46.6 Å². The van der Waals surface area contributed by atoms with Crippen LogP contribution < -0.4 is 0 Å². The van der Waals surface area contributed by atoms with Crippen molar-refractivity contribution in [3.8, 4) is 0 Å². The zero-order valence-electron chi connectivity index (χ0n) is 12.7. The first-order valence-electron chi connectivity index (χ1n) is 7.48. The maximum Gasteiger partial charge on any atom is 0.0192 e. The van der Waals surface area contributed by atoms with E-state index in [-0.39, 0.29) is 0 Å². The predicted molar refractivity (Wildman–Crippen MR) is 88.0 cm³/mol. The molecule has 0 N–H and O–H groups in total. The highest BCUT2D eigenvalue weighted by atomic mass is 32.2. The molecule has 2 aromatic rings. The third-order valence-electron chi connectivity index (χ3n) is 4.10. The smallest absolute Gasteiger partial charge is 0.0192 e. The lowest BCUT2D eigenvalue weighted by Gasteiger charge is -2.24. The predicted octanol–water partition coefficient (Wildman–Crippen LogP) is 5.99. The Morgan fingerprint density at radius 1 is 0.900 bits per heavy atom. The van der Waals surface area contributed by atoms with Crippen molar-refractivity contribution >= 4 is 11.8 Å². The highest BCUT2D eigenvalue weighted by Gasteiger charge is 2.20. The summed E-state index contributed by atoms with van der Waals surface area (Å²) in [7, 11) is 0. The van der Waals surface area contributed by atoms with Crippen LogP contribution in [0, 0.1) is 0 Å². The molecule has 0 bridgehead atoms. The van der Waals surface area contributed by atoms with E-state index in [4.69, 9.17) is 0 Å². The fraction of sp³-hybridized carbons (Fsp3) is 0.368. The summed E-state index contributed by atoms with van der Waals surface area (Å²) in [6.07, 6.45) is 1.08. The minimum absolute atomic E-state index is 0.590. The molecule has 0 nitrogen and oxygen atoms in total. The minimum atomic E-state index is 0.590. The van der Waals surface area contributed by atoms with Crippen LogP contribution in [0.5, 0.6) is 0 Å². The van der Waals surface area contributed by atoms with Crippen LogP contribution in [-0.4, -0.2) is 0 Å². The SMILES string of the molecule is CC(C)c1ccc2c(c1)Sc1c(cccc1C(C)C)C2. The monoisotopic (exact) mass is 282 g/mol. The molecule has 104 valence electrons. The molecule has 0 atom stereocenters. The molecule has 0 saturated carbocycles. The highest BCUT2D eigenvalue weighted by Crippen LogP contribution is 2.44. The van der Waals surface area contributed by atoms with Crippen LogP contribution in [0.15, 0.2) is 46.2 Å². The molecule has 2 aromatic carbocycles. The maximum absolute atomic E-state index is 2.39. The molecule has 0 aliphatic carbocycles. The summed E-state index contributed by atoms with van der Waals surface area (Å²) in [4.78, 5) is 2.95. The van der Waals surface area contributed by atoms with Gasteiger partial charge in [0.25, 0.3) is 0 Å². The van der Waals surface area contributed by atoms with E-state index in [0.717, 1.165) is 6.42 Å². The third-order valence-corrected chi connectivity index (χ3v) is 5.40. The van der Waals surface area contributed by atoms with Crippen molar-refractivity contribution in [2.24, 2.45) is 0 Å². The Kier molecular flexibility index (Phi) is 3.64. The standard InChI is InChI=1S/C19H22S/c1-12(2)14-8-9-15-10-16-6-5-7-17(13(3)4)19(16)20-18(15)11-14/h5-9,11-13H,10H2,1-4H3. The van der Waals surface area contributed by atoms with Crippen LogP contribution in [0.1, 0.15) is 61.8 Å². The van der Waals surface area contributed by atoms with Gasteiger partial charge in [-0.3, -0.25) is 0 Å². The average Bonchev–Trinajstić information content (AvgIpc) is 2.43.